The van der Waals surface area contributed by atoms with Crippen LogP contribution in [0.4, 0.5) is 0 Å². The maximum absolute atomic E-state index is 11.7. The topological polar surface area (TPSA) is 72.2 Å². The molecule has 0 saturated heterocycles. The molecule has 0 atom stereocenters. The number of nitrogens with one attached hydrogen (secondary N) is 1. The summed E-state index contributed by atoms with van der Waals surface area (Å²) in [5.41, 5.74) is 5.03. The molecular weight excluding hydrogens is 212 g/mol. The van der Waals surface area contributed by atoms with Gasteiger partial charge in [-0.15, -0.1) is 0 Å². The summed E-state index contributed by atoms with van der Waals surface area (Å²) in [6.45, 7) is 6.45. The molecule has 0 radical (unpaired) electrons. The summed E-state index contributed by atoms with van der Waals surface area (Å²) < 4.78 is 26.2. The van der Waals surface area contributed by atoms with Crippen LogP contribution in [0.5, 0.6) is 0 Å². The van der Waals surface area contributed by atoms with Crippen LogP contribution >= 0.6 is 0 Å². The number of hydrogen-bond acceptors (Lipinski definition) is 3. The molecule has 3 N–H and O–H groups in total. The molecule has 92 valence electrons. The van der Waals surface area contributed by atoms with E-state index in [1.165, 1.54) is 0 Å². The zero-order chi connectivity index (χ0) is 11.9. The summed E-state index contributed by atoms with van der Waals surface area (Å²) >= 11 is 0. The van der Waals surface area contributed by atoms with Crippen LogP contribution in [-0.2, 0) is 10.0 Å². The lowest BCUT2D eigenvalue weighted by Crippen LogP contribution is -2.47. The number of sulfonamides is 1. The Balaban J connectivity index is 4.52. The molecule has 0 aromatic heterocycles. The molecule has 0 aliphatic carbocycles. The Hall–Kier alpha value is -0.130. The molecule has 0 bridgehead atoms. The van der Waals surface area contributed by atoms with E-state index in [1.807, 2.05) is 20.8 Å². The standard InChI is InChI=1S/C10H24N2O2S/c1-4-10(5-2,6-3)12-15(13,14)9-7-8-11/h12H,4-9,11H2,1-3H3. The highest BCUT2D eigenvalue weighted by molar-refractivity contribution is 7.89. The van der Waals surface area contributed by atoms with Crippen molar-refractivity contribution in [2.24, 2.45) is 5.73 Å². The van der Waals surface area contributed by atoms with Crippen molar-refractivity contribution in [3.63, 3.8) is 0 Å². The second-order valence-electron chi connectivity index (χ2n) is 3.90. The van der Waals surface area contributed by atoms with Crippen molar-refractivity contribution in [1.82, 2.24) is 4.72 Å². The van der Waals surface area contributed by atoms with Crippen molar-refractivity contribution < 1.29 is 8.42 Å². The van der Waals surface area contributed by atoms with E-state index < -0.39 is 10.0 Å². The Morgan fingerprint density at radius 2 is 1.60 bits per heavy atom. The molecule has 0 spiro atoms. The molecule has 0 unspecified atom stereocenters. The summed E-state index contributed by atoms with van der Waals surface area (Å²) in [4.78, 5) is 0. The molecule has 0 fully saturated rings. The maximum atomic E-state index is 11.7. The van der Waals surface area contributed by atoms with Crippen LogP contribution < -0.4 is 10.5 Å². The lowest BCUT2D eigenvalue weighted by atomic mass is 9.91. The van der Waals surface area contributed by atoms with E-state index in [-0.39, 0.29) is 11.3 Å². The third-order valence-electron chi connectivity index (χ3n) is 3.02. The predicted octanol–water partition coefficient (Wildman–Crippen LogP) is 1.22. The lowest BCUT2D eigenvalue weighted by Gasteiger charge is -2.31. The fourth-order valence-corrected chi connectivity index (χ4v) is 3.36. The summed E-state index contributed by atoms with van der Waals surface area (Å²) in [6.07, 6.45) is 2.98. The quantitative estimate of drug-likeness (QED) is 0.665. The minimum absolute atomic E-state index is 0.130. The monoisotopic (exact) mass is 236 g/mol. The molecule has 0 aromatic carbocycles. The first-order chi connectivity index (χ1) is 6.95. The number of hydrogen-bond donors (Lipinski definition) is 2. The summed E-state index contributed by atoms with van der Waals surface area (Å²) in [6, 6.07) is 0. The van der Waals surface area contributed by atoms with Crippen molar-refractivity contribution in [3.8, 4) is 0 Å². The summed E-state index contributed by atoms with van der Waals surface area (Å²) in [7, 11) is -3.17. The van der Waals surface area contributed by atoms with E-state index >= 15 is 0 Å². The van der Waals surface area contributed by atoms with Gasteiger partial charge in [-0.25, -0.2) is 13.1 Å². The van der Waals surface area contributed by atoms with E-state index in [0.717, 1.165) is 19.3 Å². The van der Waals surface area contributed by atoms with Gasteiger partial charge in [0.15, 0.2) is 0 Å². The van der Waals surface area contributed by atoms with Gasteiger partial charge in [0.25, 0.3) is 0 Å². The second kappa shape index (κ2) is 6.45. The normalized spacial score (nSPS) is 13.1. The van der Waals surface area contributed by atoms with Gasteiger partial charge in [-0.05, 0) is 32.2 Å². The van der Waals surface area contributed by atoms with E-state index in [1.54, 1.807) is 0 Å². The Morgan fingerprint density at radius 3 is 1.93 bits per heavy atom. The van der Waals surface area contributed by atoms with Crippen molar-refractivity contribution >= 4 is 10.0 Å². The van der Waals surface area contributed by atoms with Crippen LogP contribution in [0.3, 0.4) is 0 Å². The molecule has 0 amide bonds. The SMILES string of the molecule is CCC(CC)(CC)NS(=O)(=O)CCCN. The molecule has 4 nitrogen and oxygen atoms in total. The van der Waals surface area contributed by atoms with Gasteiger partial charge in [-0.1, -0.05) is 20.8 Å². The smallest absolute Gasteiger partial charge is 0.212 e. The van der Waals surface area contributed by atoms with Crippen molar-refractivity contribution in [2.45, 2.75) is 52.0 Å². The highest BCUT2D eigenvalue weighted by atomic mass is 32.2. The average molecular weight is 236 g/mol. The van der Waals surface area contributed by atoms with Crippen LogP contribution in [0, 0.1) is 0 Å². The molecule has 0 aromatic rings. The largest absolute Gasteiger partial charge is 0.330 e. The highest BCUT2D eigenvalue weighted by Gasteiger charge is 2.28. The molecule has 0 aliphatic rings. The minimum atomic E-state index is -3.17. The number of rotatable bonds is 8. The second-order valence-corrected chi connectivity index (χ2v) is 5.75. The van der Waals surface area contributed by atoms with Gasteiger partial charge in [0.2, 0.25) is 10.0 Å². The molecule has 0 saturated carbocycles. The molecule has 0 rings (SSSR count). The van der Waals surface area contributed by atoms with Crippen molar-refractivity contribution in [2.75, 3.05) is 12.3 Å². The molecule has 15 heavy (non-hydrogen) atoms. The lowest BCUT2D eigenvalue weighted by molar-refractivity contribution is 0.341. The van der Waals surface area contributed by atoms with Crippen molar-refractivity contribution in [1.29, 1.82) is 0 Å². The average Bonchev–Trinajstić information content (AvgIpc) is 2.23. The Bertz CT molecular complexity index is 250. The molecule has 5 heteroatoms. The minimum Gasteiger partial charge on any atom is -0.330 e. The van der Waals surface area contributed by atoms with Crippen LogP contribution in [0.25, 0.3) is 0 Å². The summed E-state index contributed by atoms with van der Waals surface area (Å²) in [5, 5.41) is 0. The Labute approximate surface area is 93.7 Å². The van der Waals surface area contributed by atoms with Gasteiger partial charge in [-0.3, -0.25) is 0 Å². The van der Waals surface area contributed by atoms with E-state index in [9.17, 15) is 8.42 Å². The van der Waals surface area contributed by atoms with Gasteiger partial charge < -0.3 is 5.73 Å². The van der Waals surface area contributed by atoms with E-state index in [2.05, 4.69) is 4.72 Å². The number of nitrogens with two attached hydrogens (primary N) is 1. The van der Waals surface area contributed by atoms with Gasteiger partial charge in [0.1, 0.15) is 0 Å². The summed E-state index contributed by atoms with van der Waals surface area (Å²) in [5.74, 6) is 0.130. The van der Waals surface area contributed by atoms with E-state index in [0.29, 0.717) is 13.0 Å². The molecule has 0 aliphatic heterocycles. The van der Waals surface area contributed by atoms with Crippen LogP contribution in [0.1, 0.15) is 46.5 Å². The third kappa shape index (κ3) is 4.95. The highest BCUT2D eigenvalue weighted by Crippen LogP contribution is 2.20. The fraction of sp³-hybridized carbons (Fsp3) is 1.00. The first kappa shape index (κ1) is 14.9. The first-order valence-corrected chi connectivity index (χ1v) is 7.32. The van der Waals surface area contributed by atoms with Gasteiger partial charge in [0.05, 0.1) is 5.75 Å². The van der Waals surface area contributed by atoms with Gasteiger partial charge >= 0.3 is 0 Å². The zero-order valence-electron chi connectivity index (χ0n) is 10.0. The molecule has 0 heterocycles. The van der Waals surface area contributed by atoms with Gasteiger partial charge in [0, 0.05) is 5.54 Å². The fourth-order valence-electron chi connectivity index (χ4n) is 1.62. The zero-order valence-corrected chi connectivity index (χ0v) is 10.9. The molecular formula is C10H24N2O2S. The van der Waals surface area contributed by atoms with E-state index in [4.69, 9.17) is 5.73 Å². The van der Waals surface area contributed by atoms with Crippen LogP contribution in [0.15, 0.2) is 0 Å². The first-order valence-electron chi connectivity index (χ1n) is 5.67. The van der Waals surface area contributed by atoms with Crippen molar-refractivity contribution in [3.05, 3.63) is 0 Å². The van der Waals surface area contributed by atoms with Crippen LogP contribution in [0.2, 0.25) is 0 Å². The third-order valence-corrected chi connectivity index (χ3v) is 4.59. The Morgan fingerprint density at radius 1 is 1.13 bits per heavy atom. The maximum Gasteiger partial charge on any atom is 0.212 e. The van der Waals surface area contributed by atoms with Gasteiger partial charge in [-0.2, -0.15) is 0 Å². The van der Waals surface area contributed by atoms with Crippen LogP contribution in [-0.4, -0.2) is 26.3 Å². The Kier molecular flexibility index (Phi) is 6.40. The predicted molar refractivity (Wildman–Crippen MR) is 64.2 cm³/mol.